The molecular weight excluding hydrogens is 844 g/mol. The molecule has 3 aliphatic heterocycles. The number of carbonyl (C=O) groups excluding carboxylic acids is 6. The third-order valence-electron chi connectivity index (χ3n) is 12.1. The third kappa shape index (κ3) is 13.0. The van der Waals surface area contributed by atoms with Crippen molar-refractivity contribution in [1.29, 1.82) is 0 Å². The van der Waals surface area contributed by atoms with Crippen molar-refractivity contribution >= 4 is 35.8 Å². The van der Waals surface area contributed by atoms with E-state index in [1.807, 2.05) is 27.7 Å². The molecule has 0 bridgehead atoms. The van der Waals surface area contributed by atoms with Crippen LogP contribution >= 0.6 is 0 Å². The number of ether oxygens (including phenoxy) is 13. The number of hydrogen-bond donors (Lipinski definition) is 0. The van der Waals surface area contributed by atoms with E-state index in [0.717, 1.165) is 0 Å². The average Bonchev–Trinajstić information content (AvgIpc) is 3.23. The van der Waals surface area contributed by atoms with E-state index in [1.54, 1.807) is 38.1 Å². The summed E-state index contributed by atoms with van der Waals surface area (Å²) in [6.07, 6.45) is -10.7. The summed E-state index contributed by atoms with van der Waals surface area (Å²) in [6, 6.07) is 6.60. The third-order valence-corrected chi connectivity index (χ3v) is 12.1. The molecule has 64 heavy (non-hydrogen) atoms. The molecule has 0 aromatic heterocycles. The second-order valence-electron chi connectivity index (χ2n) is 16.8. The SMILES string of the molecule is CC[C@@H](OC(C)=O)[C@@H](C)[C@@H]1O[C@@](O[C@@H]2C(OC(C)=O)[C@H](O[C@H]3C(C)C(OC(C)=O)[C@@H](Oc4ccc(OC)cc4)O[C@@H]3COC(C)=O)OC(COC(C)=O)[C@@H]2C)(C(=O)OC)CC(C)[C@@H]1C. The molecule has 3 fully saturated rings. The Morgan fingerprint density at radius 3 is 1.78 bits per heavy atom. The lowest BCUT2D eigenvalue weighted by Gasteiger charge is -2.52. The van der Waals surface area contributed by atoms with Crippen molar-refractivity contribution in [2.24, 2.45) is 29.6 Å². The predicted molar refractivity (Wildman–Crippen MR) is 221 cm³/mol. The van der Waals surface area contributed by atoms with E-state index in [1.165, 1.54) is 48.8 Å². The molecule has 1 aromatic carbocycles. The zero-order valence-corrected chi connectivity index (χ0v) is 39.1. The zero-order chi connectivity index (χ0) is 47.6. The molecule has 0 radical (unpaired) electrons. The predicted octanol–water partition coefficient (Wildman–Crippen LogP) is 4.46. The molecule has 4 rings (SSSR count). The molecule has 0 spiro atoms. The van der Waals surface area contributed by atoms with Crippen molar-refractivity contribution in [2.75, 3.05) is 27.4 Å². The Balaban J connectivity index is 1.81. The Morgan fingerprint density at radius 1 is 0.688 bits per heavy atom. The van der Waals surface area contributed by atoms with Gasteiger partial charge in [-0.1, -0.05) is 41.5 Å². The van der Waals surface area contributed by atoms with Crippen molar-refractivity contribution in [3.05, 3.63) is 24.3 Å². The molecule has 0 N–H and O–H groups in total. The lowest BCUT2D eigenvalue weighted by Crippen LogP contribution is -2.66. The number of hydrogen-bond acceptors (Lipinski definition) is 19. The van der Waals surface area contributed by atoms with E-state index in [9.17, 15) is 28.8 Å². The first kappa shape index (κ1) is 52.1. The molecule has 5 unspecified atom stereocenters. The molecule has 0 saturated carbocycles. The van der Waals surface area contributed by atoms with Gasteiger partial charge < -0.3 is 61.6 Å². The summed E-state index contributed by atoms with van der Waals surface area (Å²) in [4.78, 5) is 76.3. The van der Waals surface area contributed by atoms with Crippen LogP contribution < -0.4 is 9.47 Å². The summed E-state index contributed by atoms with van der Waals surface area (Å²) in [5, 5.41) is 0. The average molecular weight is 911 g/mol. The molecular formula is C45H66O19. The first-order valence-corrected chi connectivity index (χ1v) is 21.6. The molecule has 0 amide bonds. The van der Waals surface area contributed by atoms with E-state index in [0.29, 0.717) is 17.9 Å². The molecule has 1 aromatic rings. The lowest BCUT2D eigenvalue weighted by molar-refractivity contribution is -0.375. The highest BCUT2D eigenvalue weighted by Gasteiger charge is 2.59. The first-order chi connectivity index (χ1) is 30.1. The largest absolute Gasteiger partial charge is 0.497 e. The minimum atomic E-state index is -2.11. The monoisotopic (exact) mass is 910 g/mol. The highest BCUT2D eigenvalue weighted by atomic mass is 16.8. The van der Waals surface area contributed by atoms with Crippen LogP contribution in [0.25, 0.3) is 0 Å². The fraction of sp³-hybridized carbons (Fsp3) is 0.733. The van der Waals surface area contributed by atoms with Crippen molar-refractivity contribution < 1.29 is 90.3 Å². The number of esters is 6. The Morgan fingerprint density at radius 2 is 1.25 bits per heavy atom. The van der Waals surface area contributed by atoms with E-state index in [-0.39, 0.29) is 31.5 Å². The summed E-state index contributed by atoms with van der Waals surface area (Å²) in [5.41, 5.74) is 0. The van der Waals surface area contributed by atoms with Crippen LogP contribution in [0, 0.1) is 29.6 Å². The summed E-state index contributed by atoms with van der Waals surface area (Å²) < 4.78 is 78.3. The zero-order valence-electron chi connectivity index (χ0n) is 39.1. The number of rotatable bonds is 18. The molecule has 3 heterocycles. The van der Waals surface area contributed by atoms with Gasteiger partial charge >= 0.3 is 35.8 Å². The Hall–Kier alpha value is -4.56. The minimum Gasteiger partial charge on any atom is -0.497 e. The van der Waals surface area contributed by atoms with Gasteiger partial charge in [-0.2, -0.15) is 0 Å². The highest BCUT2D eigenvalue weighted by molar-refractivity contribution is 5.78. The Bertz CT molecular complexity index is 1750. The topological polar surface area (TPSA) is 222 Å². The van der Waals surface area contributed by atoms with Crippen LogP contribution in [0.1, 0.15) is 89.0 Å². The van der Waals surface area contributed by atoms with E-state index in [4.69, 9.17) is 61.6 Å². The van der Waals surface area contributed by atoms with Crippen LogP contribution in [0.2, 0.25) is 0 Å². The van der Waals surface area contributed by atoms with Crippen molar-refractivity contribution in [2.45, 2.75) is 156 Å². The fourth-order valence-corrected chi connectivity index (χ4v) is 8.58. The summed E-state index contributed by atoms with van der Waals surface area (Å²) in [7, 11) is 2.71. The van der Waals surface area contributed by atoms with Crippen LogP contribution in [0.4, 0.5) is 0 Å². The number of methoxy groups -OCH3 is 2. The van der Waals surface area contributed by atoms with Gasteiger partial charge in [0.05, 0.1) is 26.4 Å². The van der Waals surface area contributed by atoms with Gasteiger partial charge in [-0.15, -0.1) is 0 Å². The molecule has 360 valence electrons. The standard InChI is InChI=1S/C45H66O19/c1-14-34(56-29(9)48)24(4)37-23(3)22(2)19-45(63-37,44(51)53-13)64-39-25(5)35(20-54-27(7)46)60-43(41(39)58-31(11)50)62-38-26(6)40(57-30(10)49)42(61-36(38)21-55-28(8)47)59-33-17-15-32(52-12)16-18-33/h15-18,22-26,34-43H,14,19-21H2,1-13H3/t22?,23-,24+,25-,26?,34+,35?,36+,37+,38-,39-,40?,41?,42-,43-,45-/m0/s1. The van der Waals surface area contributed by atoms with Crippen molar-refractivity contribution in [3.63, 3.8) is 0 Å². The van der Waals surface area contributed by atoms with Gasteiger partial charge in [0.25, 0.3) is 5.79 Å². The molecule has 19 heteroatoms. The maximum absolute atomic E-state index is 14.1. The van der Waals surface area contributed by atoms with Gasteiger partial charge in [0, 0.05) is 58.8 Å². The summed E-state index contributed by atoms with van der Waals surface area (Å²) in [6.45, 7) is 16.5. The van der Waals surface area contributed by atoms with Gasteiger partial charge in [-0.05, 0) is 42.5 Å². The molecule has 16 atom stereocenters. The van der Waals surface area contributed by atoms with Crippen molar-refractivity contribution in [1.82, 2.24) is 0 Å². The van der Waals surface area contributed by atoms with Gasteiger partial charge in [0.15, 0.2) is 18.5 Å². The second-order valence-corrected chi connectivity index (χ2v) is 16.8. The van der Waals surface area contributed by atoms with Crippen LogP contribution in [-0.2, 0) is 80.9 Å². The van der Waals surface area contributed by atoms with Crippen LogP contribution in [0.3, 0.4) is 0 Å². The van der Waals surface area contributed by atoms with E-state index < -0.39 is 121 Å². The van der Waals surface area contributed by atoms with Gasteiger partial charge in [-0.25, -0.2) is 4.79 Å². The first-order valence-electron chi connectivity index (χ1n) is 21.6. The Labute approximate surface area is 374 Å². The molecule has 3 aliphatic rings. The van der Waals surface area contributed by atoms with Gasteiger partial charge in [-0.3, -0.25) is 24.0 Å². The minimum absolute atomic E-state index is 0.00301. The van der Waals surface area contributed by atoms with E-state index in [2.05, 4.69) is 0 Å². The van der Waals surface area contributed by atoms with Crippen LogP contribution in [-0.4, -0.2) is 130 Å². The van der Waals surface area contributed by atoms with E-state index >= 15 is 0 Å². The van der Waals surface area contributed by atoms with Crippen molar-refractivity contribution in [3.8, 4) is 11.5 Å². The lowest BCUT2D eigenvalue weighted by atomic mass is 9.76. The van der Waals surface area contributed by atoms with Gasteiger partial charge in [0.2, 0.25) is 6.29 Å². The normalized spacial score (nSPS) is 33.6. The molecule has 19 nitrogen and oxygen atoms in total. The van der Waals surface area contributed by atoms with Crippen LogP contribution in [0.5, 0.6) is 11.5 Å². The summed E-state index contributed by atoms with van der Waals surface area (Å²) in [5.74, 6) is -7.62. The summed E-state index contributed by atoms with van der Waals surface area (Å²) >= 11 is 0. The second kappa shape index (κ2) is 23.1. The number of benzene rings is 1. The molecule has 3 saturated heterocycles. The quantitative estimate of drug-likeness (QED) is 0.146. The maximum Gasteiger partial charge on any atom is 0.366 e. The fourth-order valence-electron chi connectivity index (χ4n) is 8.58. The maximum atomic E-state index is 14.1. The highest BCUT2D eigenvalue weighted by Crippen LogP contribution is 2.46. The Kier molecular flexibility index (Phi) is 18.8. The molecule has 0 aliphatic carbocycles. The number of carbonyl (C=O) groups is 6. The van der Waals surface area contributed by atoms with Crippen LogP contribution in [0.15, 0.2) is 24.3 Å². The smallest absolute Gasteiger partial charge is 0.366 e. The van der Waals surface area contributed by atoms with Gasteiger partial charge in [0.1, 0.15) is 49.1 Å².